The third kappa shape index (κ3) is 5.72. The highest BCUT2D eigenvalue weighted by Gasteiger charge is 2.24. The number of likely N-dealkylation sites (N-methyl/N-ethyl adjacent to an activating group) is 1. The molecule has 4 rings (SSSR count). The summed E-state index contributed by atoms with van der Waals surface area (Å²) >= 11 is 0. The van der Waals surface area contributed by atoms with E-state index in [1.807, 2.05) is 25.1 Å². The number of pyridine rings is 1. The topological polar surface area (TPSA) is 102 Å². The van der Waals surface area contributed by atoms with E-state index in [1.165, 1.54) is 0 Å². The summed E-state index contributed by atoms with van der Waals surface area (Å²) in [6.07, 6.45) is 1.65. The van der Waals surface area contributed by atoms with E-state index in [4.69, 9.17) is 0 Å². The van der Waals surface area contributed by atoms with E-state index in [0.29, 0.717) is 35.3 Å². The number of carbonyl (C=O) groups excluding carboxylic acids is 1. The number of aromatic nitrogens is 1. The molecule has 0 saturated heterocycles. The molecule has 2 aromatic carbocycles. The van der Waals surface area contributed by atoms with Gasteiger partial charge in [-0.05, 0) is 62.3 Å². The lowest BCUT2D eigenvalue weighted by molar-refractivity contribution is 0.102. The van der Waals surface area contributed by atoms with E-state index < -0.39 is 0 Å². The molecule has 0 spiro atoms. The Hall–Kier alpha value is -3.62. The van der Waals surface area contributed by atoms with Crippen molar-refractivity contribution in [1.82, 2.24) is 15.2 Å². The fourth-order valence-electron chi connectivity index (χ4n) is 4.23. The Bertz CT molecular complexity index is 1210. The van der Waals surface area contributed by atoms with Crippen LogP contribution in [0.15, 0.2) is 48.7 Å². The van der Waals surface area contributed by atoms with Crippen LogP contribution in [-0.4, -0.2) is 46.6 Å². The Kier molecular flexibility index (Phi) is 7.53. The number of phenolic OH excluding ortho intramolecular Hbond substituents is 1. The molecule has 1 aromatic heterocycles. The van der Waals surface area contributed by atoms with E-state index in [2.05, 4.69) is 58.0 Å². The Morgan fingerprint density at radius 3 is 2.60 bits per heavy atom. The van der Waals surface area contributed by atoms with Crippen LogP contribution in [0.4, 0.5) is 28.6 Å². The van der Waals surface area contributed by atoms with Gasteiger partial charge in [-0.15, -0.1) is 0 Å². The van der Waals surface area contributed by atoms with Gasteiger partial charge in [-0.2, -0.15) is 0 Å². The molecule has 1 aliphatic heterocycles. The van der Waals surface area contributed by atoms with E-state index in [-0.39, 0.29) is 11.7 Å². The lowest BCUT2D eigenvalue weighted by Crippen LogP contribution is -2.38. The van der Waals surface area contributed by atoms with Crippen molar-refractivity contribution in [2.75, 3.05) is 35.6 Å². The predicted octanol–water partition coefficient (Wildman–Crippen LogP) is 4.97. The molecule has 0 radical (unpaired) electrons. The van der Waals surface area contributed by atoms with Crippen LogP contribution in [-0.2, 0) is 6.54 Å². The van der Waals surface area contributed by atoms with Crippen LogP contribution < -0.4 is 21.3 Å². The molecule has 35 heavy (non-hydrogen) atoms. The predicted molar refractivity (Wildman–Crippen MR) is 142 cm³/mol. The first-order chi connectivity index (χ1) is 16.9. The Morgan fingerprint density at radius 2 is 1.83 bits per heavy atom. The number of hydrogen-bond acceptors (Lipinski definition) is 7. The summed E-state index contributed by atoms with van der Waals surface area (Å²) in [4.78, 5) is 20.1. The average molecular weight is 475 g/mol. The van der Waals surface area contributed by atoms with Gasteiger partial charge in [0.1, 0.15) is 17.1 Å². The molecule has 184 valence electrons. The molecular weight excluding hydrogens is 440 g/mol. The van der Waals surface area contributed by atoms with Crippen LogP contribution >= 0.6 is 0 Å². The number of hydrogen-bond donors (Lipinski definition) is 5. The number of nitrogens with one attached hydrogen (secondary N) is 4. The lowest BCUT2D eigenvalue weighted by Gasteiger charge is -2.23. The minimum Gasteiger partial charge on any atom is -0.508 e. The van der Waals surface area contributed by atoms with Gasteiger partial charge >= 0.3 is 0 Å². The summed E-state index contributed by atoms with van der Waals surface area (Å²) in [6.45, 7) is 12.3. The molecule has 0 saturated carbocycles. The second-order valence-corrected chi connectivity index (χ2v) is 8.93. The summed E-state index contributed by atoms with van der Waals surface area (Å²) in [7, 11) is 0. The van der Waals surface area contributed by atoms with Gasteiger partial charge in [0.2, 0.25) is 0 Å². The molecule has 8 nitrogen and oxygen atoms in total. The van der Waals surface area contributed by atoms with Gasteiger partial charge in [0, 0.05) is 37.1 Å². The van der Waals surface area contributed by atoms with Crippen molar-refractivity contribution in [2.45, 2.75) is 40.3 Å². The summed E-state index contributed by atoms with van der Waals surface area (Å²) in [6, 6.07) is 13.2. The van der Waals surface area contributed by atoms with Crippen molar-refractivity contribution in [3.05, 3.63) is 65.4 Å². The molecule has 0 aliphatic carbocycles. The fourth-order valence-corrected chi connectivity index (χ4v) is 4.23. The van der Waals surface area contributed by atoms with Crippen LogP contribution in [0.2, 0.25) is 0 Å². The number of fused-ring (bicyclic) bond motifs is 2. The van der Waals surface area contributed by atoms with Gasteiger partial charge in [-0.3, -0.25) is 4.79 Å². The van der Waals surface area contributed by atoms with Gasteiger partial charge in [0.05, 0.1) is 17.1 Å². The Balaban J connectivity index is 1.52. The monoisotopic (exact) mass is 474 g/mol. The summed E-state index contributed by atoms with van der Waals surface area (Å²) < 4.78 is 0. The lowest BCUT2D eigenvalue weighted by atomic mass is 10.1. The van der Waals surface area contributed by atoms with Crippen molar-refractivity contribution >= 4 is 34.5 Å². The average Bonchev–Trinajstić information content (AvgIpc) is 2.99. The quantitative estimate of drug-likeness (QED) is 0.298. The molecule has 1 unspecified atom stereocenters. The number of rotatable bonds is 9. The molecule has 1 atom stereocenters. The molecule has 0 bridgehead atoms. The minimum atomic E-state index is -0.250. The number of phenols is 1. The Labute approximate surface area is 206 Å². The molecule has 1 aliphatic rings. The zero-order valence-electron chi connectivity index (χ0n) is 20.8. The maximum atomic E-state index is 13.3. The highest BCUT2D eigenvalue weighted by Crippen LogP contribution is 2.36. The van der Waals surface area contributed by atoms with E-state index in [1.54, 1.807) is 24.4 Å². The molecule has 0 fully saturated rings. The molecule has 5 N–H and O–H groups in total. The van der Waals surface area contributed by atoms with Crippen LogP contribution in [0.25, 0.3) is 0 Å². The van der Waals surface area contributed by atoms with Crippen LogP contribution in [0.1, 0.15) is 42.3 Å². The van der Waals surface area contributed by atoms with Gasteiger partial charge in [-0.25, -0.2) is 4.98 Å². The van der Waals surface area contributed by atoms with Crippen molar-refractivity contribution in [2.24, 2.45) is 0 Å². The number of benzene rings is 2. The summed E-state index contributed by atoms with van der Waals surface area (Å²) in [5.74, 6) is 0.378. The van der Waals surface area contributed by atoms with Gasteiger partial charge in [0.15, 0.2) is 0 Å². The van der Waals surface area contributed by atoms with E-state index in [0.717, 1.165) is 42.1 Å². The second kappa shape index (κ2) is 10.8. The SMILES string of the molecule is CCN(CC)CC(C)NCc1ccc2c(c1)NC(=O)c1c(Nc3cc(O)ccc3C)ccnc1N2. The first kappa shape index (κ1) is 24.5. The number of aryl methyl sites for hydroxylation is 1. The zero-order valence-corrected chi connectivity index (χ0v) is 20.8. The van der Waals surface area contributed by atoms with Crippen LogP contribution in [0, 0.1) is 6.92 Å². The van der Waals surface area contributed by atoms with Crippen LogP contribution in [0.5, 0.6) is 5.75 Å². The largest absolute Gasteiger partial charge is 0.508 e. The number of amides is 1. The number of anilines is 5. The van der Waals surface area contributed by atoms with Gasteiger partial charge < -0.3 is 31.3 Å². The van der Waals surface area contributed by atoms with Crippen molar-refractivity contribution in [1.29, 1.82) is 0 Å². The molecule has 2 heterocycles. The first-order valence-electron chi connectivity index (χ1n) is 12.1. The first-order valence-corrected chi connectivity index (χ1v) is 12.1. The van der Waals surface area contributed by atoms with Crippen molar-refractivity contribution in [3.8, 4) is 5.75 Å². The Morgan fingerprint density at radius 1 is 1.03 bits per heavy atom. The molecule has 1 amide bonds. The standard InChI is InChI=1S/C27H34N6O2/c1-5-33(6-2)16-18(4)29-15-19-8-10-21-24(13-19)32-27(35)25-22(11-12-28-26(25)31-21)30-23-14-20(34)9-7-17(23)3/h7-14,18,29,34H,5-6,15-16H2,1-4H3,(H,32,35)(H2,28,30,31). The van der Waals surface area contributed by atoms with Crippen molar-refractivity contribution in [3.63, 3.8) is 0 Å². The summed E-state index contributed by atoms with van der Waals surface area (Å²) in [5, 5.41) is 23.1. The highest BCUT2D eigenvalue weighted by atomic mass is 16.3. The van der Waals surface area contributed by atoms with Crippen LogP contribution in [0.3, 0.4) is 0 Å². The summed E-state index contributed by atoms with van der Waals surface area (Å²) in [5.41, 5.74) is 5.28. The maximum absolute atomic E-state index is 13.3. The minimum absolute atomic E-state index is 0.154. The number of nitrogens with zero attached hydrogens (tertiary/aromatic N) is 2. The third-order valence-electron chi connectivity index (χ3n) is 6.33. The smallest absolute Gasteiger partial charge is 0.261 e. The third-order valence-corrected chi connectivity index (χ3v) is 6.33. The molecule has 8 heteroatoms. The highest BCUT2D eigenvalue weighted by molar-refractivity contribution is 6.15. The van der Waals surface area contributed by atoms with Crippen molar-refractivity contribution < 1.29 is 9.90 Å². The maximum Gasteiger partial charge on any atom is 0.261 e. The normalized spacial score (nSPS) is 13.3. The second-order valence-electron chi connectivity index (χ2n) is 8.93. The number of carbonyl (C=O) groups is 1. The molecular formula is C27H34N6O2. The zero-order chi connectivity index (χ0) is 24.9. The van der Waals surface area contributed by atoms with E-state index in [9.17, 15) is 9.90 Å². The fraction of sp³-hybridized carbons (Fsp3) is 0.333. The van der Waals surface area contributed by atoms with Gasteiger partial charge in [-0.1, -0.05) is 26.0 Å². The van der Waals surface area contributed by atoms with Gasteiger partial charge in [0.25, 0.3) is 5.91 Å². The number of aromatic hydroxyl groups is 1. The molecule has 3 aromatic rings. The van der Waals surface area contributed by atoms with E-state index >= 15 is 0 Å².